The zero-order valence-corrected chi connectivity index (χ0v) is 14.2. The minimum Gasteiger partial charge on any atom is -0.340 e. The third kappa shape index (κ3) is 4.35. The number of hydrogen-bond acceptors (Lipinski definition) is 6. The van der Waals surface area contributed by atoms with E-state index in [4.69, 9.17) is 0 Å². The second-order valence-corrected chi connectivity index (χ2v) is 6.68. The molecular formula is C15H22N6OS. The van der Waals surface area contributed by atoms with Crippen LogP contribution in [0.4, 0.5) is 0 Å². The largest absolute Gasteiger partial charge is 0.340 e. The zero-order chi connectivity index (χ0) is 16.1. The Hall–Kier alpha value is -1.80. The van der Waals surface area contributed by atoms with Gasteiger partial charge in [0.25, 0.3) is 0 Å². The summed E-state index contributed by atoms with van der Waals surface area (Å²) in [6, 6.07) is 0. The fourth-order valence-electron chi connectivity index (χ4n) is 2.76. The van der Waals surface area contributed by atoms with Crippen LogP contribution in [0.25, 0.3) is 0 Å². The predicted octanol–water partition coefficient (Wildman–Crippen LogP) is 0.820. The van der Waals surface area contributed by atoms with Gasteiger partial charge in [-0.3, -0.25) is 14.4 Å². The first-order valence-corrected chi connectivity index (χ1v) is 8.82. The van der Waals surface area contributed by atoms with E-state index in [0.717, 1.165) is 51.4 Å². The molecule has 0 spiro atoms. The topological polar surface area (TPSA) is 67.2 Å². The van der Waals surface area contributed by atoms with E-state index >= 15 is 0 Å². The molecule has 2 aromatic heterocycles. The van der Waals surface area contributed by atoms with E-state index < -0.39 is 0 Å². The van der Waals surface area contributed by atoms with E-state index in [-0.39, 0.29) is 5.91 Å². The predicted molar refractivity (Wildman–Crippen MR) is 88.2 cm³/mol. The smallest absolute Gasteiger partial charge is 0.223 e. The molecule has 0 N–H and O–H groups in total. The summed E-state index contributed by atoms with van der Waals surface area (Å²) in [6.07, 6.45) is 4.69. The first-order chi connectivity index (χ1) is 11.2. The Balaban J connectivity index is 1.38. The van der Waals surface area contributed by atoms with Gasteiger partial charge in [0.15, 0.2) is 0 Å². The molecule has 1 saturated heterocycles. The molecule has 8 heteroatoms. The van der Waals surface area contributed by atoms with Gasteiger partial charge in [-0.05, 0) is 13.3 Å². The lowest BCUT2D eigenvalue weighted by Gasteiger charge is -2.34. The van der Waals surface area contributed by atoms with E-state index in [1.54, 1.807) is 24.0 Å². The molecule has 3 heterocycles. The highest BCUT2D eigenvalue weighted by atomic mass is 32.1. The van der Waals surface area contributed by atoms with Crippen molar-refractivity contribution in [1.82, 2.24) is 29.5 Å². The number of piperazine rings is 1. The van der Waals surface area contributed by atoms with E-state index in [1.807, 2.05) is 22.0 Å². The minimum atomic E-state index is 0.258. The van der Waals surface area contributed by atoms with Crippen LogP contribution in [0.3, 0.4) is 0 Å². The first kappa shape index (κ1) is 16.1. The van der Waals surface area contributed by atoms with Gasteiger partial charge in [-0.2, -0.15) is 5.10 Å². The van der Waals surface area contributed by atoms with Gasteiger partial charge in [0.1, 0.15) is 12.7 Å². The molecular weight excluding hydrogens is 312 g/mol. The van der Waals surface area contributed by atoms with Gasteiger partial charge in [-0.15, -0.1) is 11.3 Å². The Morgan fingerprint density at radius 1 is 1.26 bits per heavy atom. The molecule has 2 aromatic rings. The normalized spacial score (nSPS) is 16.0. The van der Waals surface area contributed by atoms with Crippen molar-refractivity contribution in [3.8, 4) is 0 Å². The molecule has 0 saturated carbocycles. The third-order valence-electron chi connectivity index (χ3n) is 4.25. The van der Waals surface area contributed by atoms with Crippen molar-refractivity contribution in [2.45, 2.75) is 26.3 Å². The molecule has 0 bridgehead atoms. The van der Waals surface area contributed by atoms with Gasteiger partial charge in [0.2, 0.25) is 5.91 Å². The molecule has 1 amide bonds. The number of aromatic nitrogens is 4. The van der Waals surface area contributed by atoms with Crippen LogP contribution < -0.4 is 0 Å². The van der Waals surface area contributed by atoms with Gasteiger partial charge >= 0.3 is 0 Å². The van der Waals surface area contributed by atoms with Crippen LogP contribution in [-0.4, -0.2) is 68.2 Å². The summed E-state index contributed by atoms with van der Waals surface area (Å²) in [5, 5.41) is 4.11. The average molecular weight is 334 g/mol. The Bertz CT molecular complexity index is 618. The molecule has 1 aliphatic rings. The number of hydrogen-bond donors (Lipinski definition) is 0. The van der Waals surface area contributed by atoms with Crippen LogP contribution in [0.5, 0.6) is 0 Å². The summed E-state index contributed by atoms with van der Waals surface area (Å²) in [5.74, 6) is 0.258. The summed E-state index contributed by atoms with van der Waals surface area (Å²) in [5.41, 5.74) is 2.91. The maximum absolute atomic E-state index is 12.3. The lowest BCUT2D eigenvalue weighted by Crippen LogP contribution is -2.49. The molecule has 1 fully saturated rings. The maximum atomic E-state index is 12.3. The fourth-order valence-corrected chi connectivity index (χ4v) is 3.54. The molecule has 0 radical (unpaired) electrons. The molecule has 23 heavy (non-hydrogen) atoms. The second-order valence-electron chi connectivity index (χ2n) is 5.74. The quantitative estimate of drug-likeness (QED) is 0.782. The number of aryl methyl sites for hydroxylation is 2. The van der Waals surface area contributed by atoms with E-state index in [1.165, 1.54) is 4.88 Å². The van der Waals surface area contributed by atoms with Crippen molar-refractivity contribution in [2.75, 3.05) is 32.7 Å². The van der Waals surface area contributed by atoms with Crippen LogP contribution in [0.2, 0.25) is 0 Å². The summed E-state index contributed by atoms with van der Waals surface area (Å²) in [6.45, 7) is 7.30. The van der Waals surface area contributed by atoms with Crippen LogP contribution in [0.1, 0.15) is 17.0 Å². The Morgan fingerprint density at radius 2 is 2.09 bits per heavy atom. The van der Waals surface area contributed by atoms with Gasteiger partial charge < -0.3 is 4.90 Å². The summed E-state index contributed by atoms with van der Waals surface area (Å²) >= 11 is 1.64. The van der Waals surface area contributed by atoms with E-state index in [9.17, 15) is 4.79 Å². The van der Waals surface area contributed by atoms with Crippen molar-refractivity contribution >= 4 is 17.2 Å². The molecule has 3 rings (SSSR count). The molecule has 0 aliphatic carbocycles. The summed E-state index contributed by atoms with van der Waals surface area (Å²) in [4.78, 5) is 26.1. The summed E-state index contributed by atoms with van der Waals surface area (Å²) in [7, 11) is 0. The van der Waals surface area contributed by atoms with Gasteiger partial charge in [0.05, 0.1) is 17.7 Å². The number of thiazole rings is 1. The lowest BCUT2D eigenvalue weighted by atomic mass is 10.2. The highest BCUT2D eigenvalue weighted by Gasteiger charge is 2.21. The molecule has 0 aromatic carbocycles. The Morgan fingerprint density at radius 3 is 2.74 bits per heavy atom. The van der Waals surface area contributed by atoms with E-state index in [0.29, 0.717) is 6.42 Å². The average Bonchev–Trinajstić information content (AvgIpc) is 3.23. The fraction of sp³-hybridized carbons (Fsp3) is 0.600. The lowest BCUT2D eigenvalue weighted by molar-refractivity contribution is -0.132. The second kappa shape index (κ2) is 7.65. The number of carbonyl (C=O) groups is 1. The molecule has 1 aliphatic heterocycles. The van der Waals surface area contributed by atoms with Crippen LogP contribution >= 0.6 is 11.3 Å². The Labute approximate surface area is 140 Å². The third-order valence-corrected chi connectivity index (χ3v) is 5.24. The van der Waals surface area contributed by atoms with Crippen molar-refractivity contribution in [2.24, 2.45) is 0 Å². The molecule has 124 valence electrons. The van der Waals surface area contributed by atoms with Crippen LogP contribution in [0, 0.1) is 6.92 Å². The molecule has 7 nitrogen and oxygen atoms in total. The number of rotatable bonds is 6. The van der Waals surface area contributed by atoms with Gasteiger partial charge in [-0.25, -0.2) is 9.97 Å². The van der Waals surface area contributed by atoms with Crippen LogP contribution in [-0.2, 0) is 17.8 Å². The van der Waals surface area contributed by atoms with E-state index in [2.05, 4.69) is 20.0 Å². The minimum absolute atomic E-state index is 0.258. The standard InChI is InChI=1S/C15H22N6OS/c1-13-14(23-12-17-13)2-3-15(22)20-7-4-19(5-8-20)6-9-21-11-16-10-18-21/h10-12H,2-9H2,1H3. The van der Waals surface area contributed by atoms with Crippen LogP contribution in [0.15, 0.2) is 18.2 Å². The SMILES string of the molecule is Cc1ncsc1CCC(=O)N1CCN(CCn2cncn2)CC1. The maximum Gasteiger partial charge on any atom is 0.223 e. The zero-order valence-electron chi connectivity index (χ0n) is 13.4. The van der Waals surface area contributed by atoms with Gasteiger partial charge in [0, 0.05) is 44.0 Å². The van der Waals surface area contributed by atoms with Crippen molar-refractivity contribution in [3.05, 3.63) is 28.7 Å². The molecule has 0 unspecified atom stereocenters. The number of amides is 1. The van der Waals surface area contributed by atoms with Crippen molar-refractivity contribution in [1.29, 1.82) is 0 Å². The van der Waals surface area contributed by atoms with Crippen molar-refractivity contribution < 1.29 is 4.79 Å². The van der Waals surface area contributed by atoms with Gasteiger partial charge in [-0.1, -0.05) is 0 Å². The molecule has 0 atom stereocenters. The first-order valence-electron chi connectivity index (χ1n) is 7.94. The monoisotopic (exact) mass is 334 g/mol. The highest BCUT2D eigenvalue weighted by Crippen LogP contribution is 2.15. The van der Waals surface area contributed by atoms with Crippen molar-refractivity contribution in [3.63, 3.8) is 0 Å². The number of carbonyl (C=O) groups excluding carboxylic acids is 1. The Kier molecular flexibility index (Phi) is 5.35. The number of nitrogens with zero attached hydrogens (tertiary/aromatic N) is 6. The summed E-state index contributed by atoms with van der Waals surface area (Å²) < 4.78 is 1.84. The highest BCUT2D eigenvalue weighted by molar-refractivity contribution is 7.09.